The van der Waals surface area contributed by atoms with Gasteiger partial charge in [-0.05, 0) is 30.7 Å². The minimum Gasteiger partial charge on any atom is -0.382 e. The molecular formula is C16H17ClFN3. The average molecular weight is 306 g/mol. The van der Waals surface area contributed by atoms with E-state index >= 15 is 0 Å². The Bertz CT molecular complexity index is 685. The van der Waals surface area contributed by atoms with Gasteiger partial charge in [-0.3, -0.25) is 5.10 Å². The number of benzene rings is 1. The number of halogens is 2. The lowest BCUT2D eigenvalue weighted by Gasteiger charge is -2.06. The summed E-state index contributed by atoms with van der Waals surface area (Å²) in [4.78, 5) is 0. The first-order valence-electron chi connectivity index (χ1n) is 7.46. The number of nitrogen functional groups attached to an aromatic ring is 1. The van der Waals surface area contributed by atoms with Gasteiger partial charge in [-0.25, -0.2) is 4.39 Å². The number of aromatic amines is 1. The molecule has 0 spiro atoms. The van der Waals surface area contributed by atoms with E-state index < -0.39 is 5.82 Å². The predicted molar refractivity (Wildman–Crippen MR) is 81.6 cm³/mol. The van der Waals surface area contributed by atoms with E-state index in [-0.39, 0.29) is 5.02 Å². The number of rotatable bonds is 2. The Balaban J connectivity index is 1.80. The molecule has 4 rings (SSSR count). The zero-order chi connectivity index (χ0) is 14.6. The highest BCUT2D eigenvalue weighted by Crippen LogP contribution is 2.62. The van der Waals surface area contributed by atoms with Crippen molar-refractivity contribution in [2.24, 2.45) is 11.8 Å². The van der Waals surface area contributed by atoms with Crippen molar-refractivity contribution < 1.29 is 4.39 Å². The summed E-state index contributed by atoms with van der Waals surface area (Å²) in [6.07, 6.45) is 5.10. The Morgan fingerprint density at radius 1 is 1.24 bits per heavy atom. The molecule has 2 aromatic rings. The summed E-state index contributed by atoms with van der Waals surface area (Å²) < 4.78 is 14.3. The quantitative estimate of drug-likeness (QED) is 0.866. The predicted octanol–water partition coefficient (Wildman–Crippen LogP) is 4.36. The first kappa shape index (κ1) is 13.1. The second-order valence-corrected chi connectivity index (χ2v) is 6.54. The van der Waals surface area contributed by atoms with Crippen LogP contribution >= 0.6 is 11.6 Å². The van der Waals surface area contributed by atoms with Crippen LogP contribution in [0.15, 0.2) is 18.2 Å². The molecule has 1 heterocycles. The first-order valence-corrected chi connectivity index (χ1v) is 7.84. The van der Waals surface area contributed by atoms with E-state index in [1.54, 1.807) is 18.2 Å². The highest BCUT2D eigenvalue weighted by molar-refractivity contribution is 6.31. The van der Waals surface area contributed by atoms with Gasteiger partial charge in [0.1, 0.15) is 5.82 Å². The molecule has 2 aliphatic rings. The standard InChI is InChI=1S/C16H17ClFN3/c17-11-7-3-6-10(14(11)18)13-15(20-21-16(13)19)12-8-4-1-2-5-9(8)12/h3,6-9,12H,1-2,4-5H2,(H3,19,20,21). The van der Waals surface area contributed by atoms with Crippen molar-refractivity contribution in [2.45, 2.75) is 31.6 Å². The molecule has 2 atom stereocenters. The van der Waals surface area contributed by atoms with Gasteiger partial charge in [-0.15, -0.1) is 0 Å². The van der Waals surface area contributed by atoms with E-state index in [0.29, 0.717) is 34.7 Å². The summed E-state index contributed by atoms with van der Waals surface area (Å²) in [6.45, 7) is 0. The Hall–Kier alpha value is -1.55. The van der Waals surface area contributed by atoms with Crippen LogP contribution in [0.1, 0.15) is 37.3 Å². The van der Waals surface area contributed by atoms with Crippen LogP contribution in [0, 0.1) is 17.7 Å². The van der Waals surface area contributed by atoms with E-state index in [4.69, 9.17) is 17.3 Å². The molecule has 1 aromatic heterocycles. The average Bonchev–Trinajstić information content (AvgIpc) is 3.10. The fourth-order valence-electron chi connectivity index (χ4n) is 4.01. The molecule has 0 aliphatic heterocycles. The summed E-state index contributed by atoms with van der Waals surface area (Å²) in [5.41, 5.74) is 8.14. The fraction of sp³-hybridized carbons (Fsp3) is 0.438. The molecule has 3 N–H and O–H groups in total. The van der Waals surface area contributed by atoms with Crippen molar-refractivity contribution in [3.05, 3.63) is 34.7 Å². The van der Waals surface area contributed by atoms with E-state index in [9.17, 15) is 4.39 Å². The van der Waals surface area contributed by atoms with Gasteiger partial charge < -0.3 is 5.73 Å². The number of nitrogens with one attached hydrogen (secondary N) is 1. The second-order valence-electron chi connectivity index (χ2n) is 6.14. The molecule has 2 fully saturated rings. The third kappa shape index (κ3) is 1.96. The lowest BCUT2D eigenvalue weighted by atomic mass is 10.0. The summed E-state index contributed by atoms with van der Waals surface area (Å²) in [5, 5.41) is 7.30. The smallest absolute Gasteiger partial charge is 0.153 e. The van der Waals surface area contributed by atoms with Gasteiger partial charge in [0.05, 0.1) is 5.02 Å². The van der Waals surface area contributed by atoms with Crippen LogP contribution in [-0.4, -0.2) is 10.2 Å². The number of fused-ring (bicyclic) bond motifs is 1. The third-order valence-electron chi connectivity index (χ3n) is 5.03. The zero-order valence-electron chi connectivity index (χ0n) is 11.6. The summed E-state index contributed by atoms with van der Waals surface area (Å²) in [6, 6.07) is 5.02. The van der Waals surface area contributed by atoms with Crippen LogP contribution in [0.3, 0.4) is 0 Å². The Morgan fingerprint density at radius 3 is 2.67 bits per heavy atom. The second kappa shape index (κ2) is 4.73. The molecular weight excluding hydrogens is 289 g/mol. The van der Waals surface area contributed by atoms with Crippen LogP contribution in [-0.2, 0) is 0 Å². The molecule has 21 heavy (non-hydrogen) atoms. The molecule has 5 heteroatoms. The SMILES string of the molecule is Nc1n[nH]c(C2C3CCCCC32)c1-c1cccc(Cl)c1F. The van der Waals surface area contributed by atoms with Crippen LogP contribution in [0.4, 0.5) is 10.2 Å². The van der Waals surface area contributed by atoms with Crippen LogP contribution < -0.4 is 5.73 Å². The summed E-state index contributed by atoms with van der Waals surface area (Å²) in [7, 11) is 0. The molecule has 0 saturated heterocycles. The fourth-order valence-corrected chi connectivity index (χ4v) is 4.19. The summed E-state index contributed by atoms with van der Waals surface area (Å²) in [5.74, 6) is 1.80. The number of nitrogens with two attached hydrogens (primary N) is 1. The van der Waals surface area contributed by atoms with E-state index in [2.05, 4.69) is 10.2 Å². The zero-order valence-corrected chi connectivity index (χ0v) is 12.3. The largest absolute Gasteiger partial charge is 0.382 e. The maximum atomic E-state index is 14.3. The molecule has 2 aliphatic carbocycles. The van der Waals surface area contributed by atoms with Crippen LogP contribution in [0.2, 0.25) is 5.02 Å². The third-order valence-corrected chi connectivity index (χ3v) is 5.32. The number of hydrogen-bond donors (Lipinski definition) is 2. The molecule has 2 unspecified atom stereocenters. The van der Waals surface area contributed by atoms with E-state index in [0.717, 1.165) is 5.69 Å². The lowest BCUT2D eigenvalue weighted by molar-refractivity contribution is 0.480. The van der Waals surface area contributed by atoms with Crippen LogP contribution in [0.5, 0.6) is 0 Å². The topological polar surface area (TPSA) is 54.7 Å². The van der Waals surface area contributed by atoms with Crippen LogP contribution in [0.25, 0.3) is 11.1 Å². The van der Waals surface area contributed by atoms with Crippen molar-refractivity contribution >= 4 is 17.4 Å². The highest BCUT2D eigenvalue weighted by atomic mass is 35.5. The normalized spacial score (nSPS) is 27.4. The minimum atomic E-state index is -0.419. The summed E-state index contributed by atoms with van der Waals surface area (Å²) >= 11 is 5.91. The van der Waals surface area contributed by atoms with Gasteiger partial charge in [0.2, 0.25) is 0 Å². The van der Waals surface area contributed by atoms with Gasteiger partial charge >= 0.3 is 0 Å². The number of anilines is 1. The molecule has 2 saturated carbocycles. The van der Waals surface area contributed by atoms with Gasteiger partial charge in [0.25, 0.3) is 0 Å². The van der Waals surface area contributed by atoms with Crippen molar-refractivity contribution in [3.8, 4) is 11.1 Å². The van der Waals surface area contributed by atoms with Crippen molar-refractivity contribution in [2.75, 3.05) is 5.73 Å². The number of hydrogen-bond acceptors (Lipinski definition) is 2. The van der Waals surface area contributed by atoms with Gasteiger partial charge in [0.15, 0.2) is 5.82 Å². The first-order chi connectivity index (χ1) is 10.2. The molecule has 1 aromatic carbocycles. The Morgan fingerprint density at radius 2 is 1.95 bits per heavy atom. The van der Waals surface area contributed by atoms with Gasteiger partial charge in [0, 0.05) is 22.7 Å². The monoisotopic (exact) mass is 305 g/mol. The molecule has 110 valence electrons. The highest BCUT2D eigenvalue weighted by Gasteiger charge is 2.53. The Kier molecular flexibility index (Phi) is 2.96. The van der Waals surface area contributed by atoms with E-state index in [1.807, 2.05) is 0 Å². The van der Waals surface area contributed by atoms with Crippen molar-refractivity contribution in [3.63, 3.8) is 0 Å². The number of nitrogens with zero attached hydrogens (tertiary/aromatic N) is 1. The number of aromatic nitrogens is 2. The number of H-pyrrole nitrogens is 1. The molecule has 0 radical (unpaired) electrons. The van der Waals surface area contributed by atoms with Crippen molar-refractivity contribution in [1.29, 1.82) is 0 Å². The van der Waals surface area contributed by atoms with E-state index in [1.165, 1.54) is 25.7 Å². The molecule has 0 amide bonds. The molecule has 0 bridgehead atoms. The maximum Gasteiger partial charge on any atom is 0.153 e. The lowest BCUT2D eigenvalue weighted by Crippen LogP contribution is -1.94. The Labute approximate surface area is 127 Å². The van der Waals surface area contributed by atoms with Crippen molar-refractivity contribution in [1.82, 2.24) is 10.2 Å². The van der Waals surface area contributed by atoms with Gasteiger partial charge in [-0.1, -0.05) is 36.6 Å². The minimum absolute atomic E-state index is 0.118. The van der Waals surface area contributed by atoms with Gasteiger partial charge in [-0.2, -0.15) is 5.10 Å². The molecule has 3 nitrogen and oxygen atoms in total. The maximum absolute atomic E-state index is 14.3.